The fourth-order valence-electron chi connectivity index (χ4n) is 3.16. The summed E-state index contributed by atoms with van der Waals surface area (Å²) in [4.78, 5) is 4.49. The van der Waals surface area contributed by atoms with Crippen LogP contribution in [0.2, 0.25) is 5.02 Å². The normalized spacial score (nSPS) is 11.3. The highest BCUT2D eigenvalue weighted by atomic mass is 35.5. The van der Waals surface area contributed by atoms with Gasteiger partial charge in [-0.25, -0.2) is 9.37 Å². The van der Waals surface area contributed by atoms with Gasteiger partial charge in [0, 0.05) is 27.9 Å². The first kappa shape index (κ1) is 19.4. The molecule has 0 spiro atoms. The van der Waals surface area contributed by atoms with Crippen molar-refractivity contribution in [3.8, 4) is 16.9 Å². The average molecular weight is 425 g/mol. The molecule has 0 atom stereocenters. The Morgan fingerprint density at radius 3 is 2.66 bits per heavy atom. The van der Waals surface area contributed by atoms with Gasteiger partial charge in [-0.1, -0.05) is 23.7 Å². The lowest BCUT2D eigenvalue weighted by Gasteiger charge is -2.11. The van der Waals surface area contributed by atoms with Crippen LogP contribution in [-0.2, 0) is 0 Å². The Kier molecular flexibility index (Phi) is 5.47. The summed E-state index contributed by atoms with van der Waals surface area (Å²) in [5.74, 6) is -0.263. The molecule has 0 aliphatic rings. The van der Waals surface area contributed by atoms with Crippen LogP contribution in [0, 0.1) is 19.7 Å². The first-order chi connectivity index (χ1) is 14.0. The highest BCUT2D eigenvalue weighted by Crippen LogP contribution is 2.27. The zero-order chi connectivity index (χ0) is 20.4. The predicted molar refractivity (Wildman–Crippen MR) is 119 cm³/mol. The molecule has 0 saturated heterocycles. The summed E-state index contributed by atoms with van der Waals surface area (Å²) in [6.07, 6.45) is 1.77. The minimum absolute atomic E-state index is 0.263. The van der Waals surface area contributed by atoms with E-state index in [1.807, 2.05) is 43.5 Å². The average Bonchev–Trinajstić information content (AvgIpc) is 3.28. The summed E-state index contributed by atoms with van der Waals surface area (Å²) in [5, 5.41) is 7.61. The van der Waals surface area contributed by atoms with Crippen molar-refractivity contribution in [3.63, 3.8) is 0 Å². The van der Waals surface area contributed by atoms with Crippen LogP contribution in [0.3, 0.4) is 0 Å². The number of hydrogen-bond donors (Lipinski definition) is 1. The molecule has 0 fully saturated rings. The van der Waals surface area contributed by atoms with Crippen molar-refractivity contribution in [3.05, 3.63) is 87.8 Å². The lowest BCUT2D eigenvalue weighted by Crippen LogP contribution is -2.00. The summed E-state index contributed by atoms with van der Waals surface area (Å²) >= 11 is 7.81. The molecule has 7 heteroatoms. The van der Waals surface area contributed by atoms with E-state index in [0.717, 1.165) is 33.9 Å². The maximum absolute atomic E-state index is 13.1. The zero-order valence-electron chi connectivity index (χ0n) is 15.9. The molecule has 146 valence electrons. The molecule has 0 radical (unpaired) electrons. The van der Waals surface area contributed by atoms with E-state index in [4.69, 9.17) is 11.6 Å². The second-order valence-corrected chi connectivity index (χ2v) is 7.79. The third-order valence-corrected chi connectivity index (χ3v) is 5.64. The Morgan fingerprint density at radius 2 is 1.90 bits per heavy atom. The Hall–Kier alpha value is -2.96. The van der Waals surface area contributed by atoms with Crippen LogP contribution in [0.4, 0.5) is 9.52 Å². The second-order valence-electron chi connectivity index (χ2n) is 6.53. The summed E-state index contributed by atoms with van der Waals surface area (Å²) in [6.45, 7) is 4.07. The Morgan fingerprint density at radius 1 is 1.14 bits per heavy atom. The van der Waals surface area contributed by atoms with Crippen molar-refractivity contribution < 1.29 is 4.39 Å². The molecule has 1 N–H and O–H groups in total. The van der Waals surface area contributed by atoms with E-state index in [9.17, 15) is 4.39 Å². The van der Waals surface area contributed by atoms with Crippen LogP contribution in [0.15, 0.2) is 65.1 Å². The summed E-state index contributed by atoms with van der Waals surface area (Å²) in [6, 6.07) is 16.1. The molecule has 29 heavy (non-hydrogen) atoms. The monoisotopic (exact) mass is 424 g/mol. The van der Waals surface area contributed by atoms with Gasteiger partial charge in [0.05, 0.1) is 22.6 Å². The van der Waals surface area contributed by atoms with Gasteiger partial charge in [0.15, 0.2) is 0 Å². The largest absolute Gasteiger partial charge is 0.316 e. The molecule has 0 aliphatic heterocycles. The topological polar surface area (TPSA) is 42.2 Å². The number of anilines is 1. The Balaban J connectivity index is 1.52. The molecule has 4 rings (SSSR count). The predicted octanol–water partition coefficient (Wildman–Crippen LogP) is 6.46. The molecule has 2 aromatic heterocycles. The number of rotatable bonds is 5. The SMILES string of the molecule is Cc1cc(C=NNc2nc(-c3ccc(F)cc3)cs2)c(C)n1-c1ccccc1Cl. The van der Waals surface area contributed by atoms with Crippen molar-refractivity contribution in [1.29, 1.82) is 0 Å². The molecule has 2 heterocycles. The Labute approximate surface area is 177 Å². The van der Waals surface area contributed by atoms with Gasteiger partial charge in [-0.05, 0) is 56.3 Å². The fourth-order valence-corrected chi connectivity index (χ4v) is 4.05. The zero-order valence-corrected chi connectivity index (χ0v) is 17.4. The van der Waals surface area contributed by atoms with Crippen LogP contribution < -0.4 is 5.43 Å². The number of hydrogen-bond acceptors (Lipinski definition) is 4. The molecular weight excluding hydrogens is 407 g/mol. The molecule has 2 aromatic carbocycles. The molecule has 0 aliphatic carbocycles. The first-order valence-corrected chi connectivity index (χ1v) is 10.2. The second kappa shape index (κ2) is 8.19. The smallest absolute Gasteiger partial charge is 0.203 e. The molecule has 0 bridgehead atoms. The quantitative estimate of drug-likeness (QED) is 0.295. The van der Waals surface area contributed by atoms with Gasteiger partial charge in [-0.2, -0.15) is 5.10 Å². The van der Waals surface area contributed by atoms with Gasteiger partial charge in [0.1, 0.15) is 5.82 Å². The lowest BCUT2D eigenvalue weighted by molar-refractivity contribution is 0.628. The van der Waals surface area contributed by atoms with E-state index >= 15 is 0 Å². The molecular formula is C22H18ClFN4S. The number of halogens is 2. The number of aryl methyl sites for hydroxylation is 1. The van der Waals surface area contributed by atoms with Gasteiger partial charge < -0.3 is 4.57 Å². The minimum atomic E-state index is -0.263. The van der Waals surface area contributed by atoms with E-state index in [1.165, 1.54) is 23.5 Å². The maximum Gasteiger partial charge on any atom is 0.203 e. The number of aromatic nitrogens is 2. The molecule has 0 amide bonds. The molecule has 0 saturated carbocycles. The highest BCUT2D eigenvalue weighted by Gasteiger charge is 2.11. The van der Waals surface area contributed by atoms with Gasteiger partial charge in [0.2, 0.25) is 5.13 Å². The van der Waals surface area contributed by atoms with Crippen LogP contribution in [0.25, 0.3) is 16.9 Å². The van der Waals surface area contributed by atoms with E-state index in [0.29, 0.717) is 10.2 Å². The molecule has 0 unspecified atom stereocenters. The van der Waals surface area contributed by atoms with Crippen molar-refractivity contribution in [2.45, 2.75) is 13.8 Å². The van der Waals surface area contributed by atoms with E-state index < -0.39 is 0 Å². The van der Waals surface area contributed by atoms with E-state index in [-0.39, 0.29) is 5.82 Å². The Bertz CT molecular complexity index is 1180. The molecule has 4 nitrogen and oxygen atoms in total. The number of nitrogens with zero attached hydrogens (tertiary/aromatic N) is 3. The number of thiazole rings is 1. The molecule has 4 aromatic rings. The maximum atomic E-state index is 13.1. The number of nitrogens with one attached hydrogen (secondary N) is 1. The fraction of sp³-hybridized carbons (Fsp3) is 0.0909. The summed E-state index contributed by atoms with van der Waals surface area (Å²) < 4.78 is 15.2. The van der Waals surface area contributed by atoms with Gasteiger partial charge >= 0.3 is 0 Å². The van der Waals surface area contributed by atoms with Gasteiger partial charge in [0.25, 0.3) is 0 Å². The van der Waals surface area contributed by atoms with Crippen molar-refractivity contribution in [2.75, 3.05) is 5.43 Å². The third-order valence-electron chi connectivity index (χ3n) is 4.57. The standard InChI is InChI=1S/C22H18ClFN4S/c1-14-11-17(15(2)28(14)21-6-4-3-5-19(21)23)12-25-27-22-26-20(13-29-22)16-7-9-18(24)10-8-16/h3-13H,1-2H3,(H,26,27). The van der Waals surface area contributed by atoms with Crippen LogP contribution in [0.1, 0.15) is 17.0 Å². The van der Waals surface area contributed by atoms with Crippen molar-refractivity contribution >= 4 is 34.3 Å². The highest BCUT2D eigenvalue weighted by molar-refractivity contribution is 7.14. The summed E-state index contributed by atoms with van der Waals surface area (Å²) in [7, 11) is 0. The van der Waals surface area contributed by atoms with Crippen LogP contribution >= 0.6 is 22.9 Å². The number of para-hydroxylation sites is 1. The van der Waals surface area contributed by atoms with E-state index in [2.05, 4.69) is 26.1 Å². The van der Waals surface area contributed by atoms with E-state index in [1.54, 1.807) is 18.3 Å². The lowest BCUT2D eigenvalue weighted by atomic mass is 10.2. The summed E-state index contributed by atoms with van der Waals surface area (Å²) in [5.41, 5.74) is 8.67. The van der Waals surface area contributed by atoms with Gasteiger partial charge in [-0.3, -0.25) is 5.43 Å². The number of hydrazone groups is 1. The van der Waals surface area contributed by atoms with Crippen molar-refractivity contribution in [2.24, 2.45) is 5.10 Å². The first-order valence-electron chi connectivity index (χ1n) is 8.97. The van der Waals surface area contributed by atoms with Gasteiger partial charge in [-0.15, -0.1) is 11.3 Å². The van der Waals surface area contributed by atoms with Crippen LogP contribution in [0.5, 0.6) is 0 Å². The third kappa shape index (κ3) is 4.09. The van der Waals surface area contributed by atoms with Crippen molar-refractivity contribution in [1.82, 2.24) is 9.55 Å². The van der Waals surface area contributed by atoms with Crippen LogP contribution in [-0.4, -0.2) is 15.8 Å². The number of benzene rings is 2. The minimum Gasteiger partial charge on any atom is -0.316 e.